The van der Waals surface area contributed by atoms with Gasteiger partial charge in [-0.1, -0.05) is 26.2 Å². The van der Waals surface area contributed by atoms with Gasteiger partial charge < -0.3 is 10.1 Å². The van der Waals surface area contributed by atoms with E-state index in [1.54, 1.807) is 0 Å². The summed E-state index contributed by atoms with van der Waals surface area (Å²) in [7, 11) is 0. The average Bonchev–Trinajstić information content (AvgIpc) is 2.39. The van der Waals surface area contributed by atoms with Crippen molar-refractivity contribution in [2.45, 2.75) is 65.9 Å². The van der Waals surface area contributed by atoms with E-state index in [4.69, 9.17) is 4.74 Å². The Kier molecular flexibility index (Phi) is 7.23. The van der Waals surface area contributed by atoms with Crippen molar-refractivity contribution in [2.75, 3.05) is 11.9 Å². The summed E-state index contributed by atoms with van der Waals surface area (Å²) in [5.74, 6) is 1.34. The highest BCUT2D eigenvalue weighted by molar-refractivity contribution is 5.32. The number of nitrogens with one attached hydrogen (secondary N) is 1. The fraction of sp³-hybridized carbons (Fsp3) is 0.733. The molecule has 0 saturated carbocycles. The molecule has 4 nitrogen and oxygen atoms in total. The van der Waals surface area contributed by atoms with Crippen LogP contribution in [-0.4, -0.2) is 22.6 Å². The smallest absolute Gasteiger partial charge is 0.225 e. The molecule has 0 saturated heterocycles. The second-order valence-corrected chi connectivity index (χ2v) is 4.99. The summed E-state index contributed by atoms with van der Waals surface area (Å²) in [6.07, 6.45) is 8.19. The lowest BCUT2D eigenvalue weighted by Crippen LogP contribution is -2.14. The second-order valence-electron chi connectivity index (χ2n) is 4.99. The van der Waals surface area contributed by atoms with Crippen LogP contribution in [0.2, 0.25) is 0 Å². The lowest BCUT2D eigenvalue weighted by molar-refractivity contribution is 0.196. The highest BCUT2D eigenvalue weighted by Gasteiger charge is 2.09. The first-order chi connectivity index (χ1) is 9.17. The van der Waals surface area contributed by atoms with Gasteiger partial charge in [-0.25, -0.2) is 4.98 Å². The standard InChI is InChI=1S/C15H27N3O/c1-5-7-8-9-10-13(4)19-14-12(3)11-17-15(18-14)16-6-2/h11,13H,5-10H2,1-4H3,(H,16,17,18). The van der Waals surface area contributed by atoms with E-state index in [9.17, 15) is 0 Å². The molecule has 0 amide bonds. The van der Waals surface area contributed by atoms with E-state index in [1.165, 1.54) is 25.7 Å². The predicted molar refractivity (Wildman–Crippen MR) is 79.8 cm³/mol. The maximum atomic E-state index is 5.92. The topological polar surface area (TPSA) is 47.0 Å². The number of aryl methyl sites for hydroxylation is 1. The summed E-state index contributed by atoms with van der Waals surface area (Å²) in [5.41, 5.74) is 0.988. The van der Waals surface area contributed by atoms with Crippen molar-refractivity contribution >= 4 is 5.95 Å². The van der Waals surface area contributed by atoms with Crippen molar-refractivity contribution in [1.29, 1.82) is 0 Å². The SMILES string of the molecule is CCCCCCC(C)Oc1nc(NCC)ncc1C. The molecule has 1 unspecified atom stereocenters. The first-order valence-electron chi connectivity index (χ1n) is 7.41. The van der Waals surface area contributed by atoms with Crippen molar-refractivity contribution in [2.24, 2.45) is 0 Å². The number of ether oxygens (including phenoxy) is 1. The molecule has 1 heterocycles. The highest BCUT2D eigenvalue weighted by atomic mass is 16.5. The number of anilines is 1. The number of aromatic nitrogens is 2. The molecule has 0 radical (unpaired) electrons. The van der Waals surface area contributed by atoms with Gasteiger partial charge >= 0.3 is 0 Å². The molecule has 108 valence electrons. The zero-order valence-corrected chi connectivity index (χ0v) is 12.7. The lowest BCUT2D eigenvalue weighted by atomic mass is 10.1. The monoisotopic (exact) mass is 265 g/mol. The summed E-state index contributed by atoms with van der Waals surface area (Å²) < 4.78 is 5.92. The minimum atomic E-state index is 0.208. The van der Waals surface area contributed by atoms with Gasteiger partial charge in [-0.05, 0) is 33.6 Å². The molecule has 0 fully saturated rings. The summed E-state index contributed by atoms with van der Waals surface area (Å²) in [5, 5.41) is 3.11. The van der Waals surface area contributed by atoms with Crippen molar-refractivity contribution in [3.63, 3.8) is 0 Å². The van der Waals surface area contributed by atoms with Crippen LogP contribution in [-0.2, 0) is 0 Å². The Hall–Kier alpha value is -1.32. The molecule has 0 aliphatic heterocycles. The maximum Gasteiger partial charge on any atom is 0.225 e. The normalized spacial score (nSPS) is 12.2. The molecule has 4 heteroatoms. The molecule has 0 aliphatic carbocycles. The third kappa shape index (κ3) is 5.90. The number of rotatable bonds is 9. The number of hydrogen-bond donors (Lipinski definition) is 1. The van der Waals surface area contributed by atoms with Crippen molar-refractivity contribution in [3.05, 3.63) is 11.8 Å². The fourth-order valence-electron chi connectivity index (χ4n) is 1.90. The summed E-state index contributed by atoms with van der Waals surface area (Å²) in [4.78, 5) is 8.62. The van der Waals surface area contributed by atoms with E-state index >= 15 is 0 Å². The van der Waals surface area contributed by atoms with Crippen LogP contribution >= 0.6 is 0 Å². The minimum Gasteiger partial charge on any atom is -0.474 e. The second kappa shape index (κ2) is 8.73. The summed E-state index contributed by atoms with van der Waals surface area (Å²) >= 11 is 0. The van der Waals surface area contributed by atoms with E-state index in [2.05, 4.69) is 29.1 Å². The molecule has 0 aliphatic rings. The molecule has 1 atom stereocenters. The van der Waals surface area contributed by atoms with Gasteiger partial charge in [0.1, 0.15) is 0 Å². The van der Waals surface area contributed by atoms with Crippen LogP contribution < -0.4 is 10.1 Å². The number of nitrogens with zero attached hydrogens (tertiary/aromatic N) is 2. The van der Waals surface area contributed by atoms with Crippen LogP contribution in [0.5, 0.6) is 5.88 Å². The van der Waals surface area contributed by atoms with Crippen LogP contribution in [0.3, 0.4) is 0 Å². The first kappa shape index (κ1) is 15.7. The van der Waals surface area contributed by atoms with Crippen LogP contribution in [0.25, 0.3) is 0 Å². The molecule has 0 aromatic carbocycles. The van der Waals surface area contributed by atoms with Gasteiger partial charge in [-0.3, -0.25) is 0 Å². The van der Waals surface area contributed by atoms with Crippen molar-refractivity contribution in [3.8, 4) is 5.88 Å². The van der Waals surface area contributed by atoms with Gasteiger partial charge in [0.25, 0.3) is 0 Å². The van der Waals surface area contributed by atoms with Gasteiger partial charge in [0.15, 0.2) is 0 Å². The molecule has 1 rings (SSSR count). The molecule has 1 N–H and O–H groups in total. The Morgan fingerprint density at radius 2 is 2.05 bits per heavy atom. The van der Waals surface area contributed by atoms with E-state index in [0.29, 0.717) is 11.8 Å². The molecular weight excluding hydrogens is 238 g/mol. The Labute approximate surface area is 117 Å². The quantitative estimate of drug-likeness (QED) is 0.687. The molecule has 0 bridgehead atoms. The van der Waals surface area contributed by atoms with Crippen molar-refractivity contribution in [1.82, 2.24) is 9.97 Å². The van der Waals surface area contributed by atoms with E-state index in [-0.39, 0.29) is 6.10 Å². The largest absolute Gasteiger partial charge is 0.474 e. The van der Waals surface area contributed by atoms with Gasteiger partial charge in [-0.2, -0.15) is 4.98 Å². The third-order valence-electron chi connectivity index (χ3n) is 3.04. The Morgan fingerprint density at radius 1 is 1.26 bits per heavy atom. The van der Waals surface area contributed by atoms with Crippen LogP contribution in [0.4, 0.5) is 5.95 Å². The summed E-state index contributed by atoms with van der Waals surface area (Å²) in [6.45, 7) is 9.16. The van der Waals surface area contributed by atoms with E-state index in [0.717, 1.165) is 18.5 Å². The average molecular weight is 265 g/mol. The van der Waals surface area contributed by atoms with Crippen LogP contribution in [0, 0.1) is 6.92 Å². The van der Waals surface area contributed by atoms with Gasteiger partial charge in [-0.15, -0.1) is 0 Å². The van der Waals surface area contributed by atoms with Crippen LogP contribution in [0.15, 0.2) is 6.20 Å². The number of hydrogen-bond acceptors (Lipinski definition) is 4. The first-order valence-corrected chi connectivity index (χ1v) is 7.41. The highest BCUT2D eigenvalue weighted by Crippen LogP contribution is 2.18. The van der Waals surface area contributed by atoms with Gasteiger partial charge in [0, 0.05) is 18.3 Å². The minimum absolute atomic E-state index is 0.208. The molecule has 1 aromatic heterocycles. The molecule has 1 aromatic rings. The van der Waals surface area contributed by atoms with E-state index in [1.807, 2.05) is 20.0 Å². The Bertz CT molecular complexity index is 368. The van der Waals surface area contributed by atoms with E-state index < -0.39 is 0 Å². The zero-order chi connectivity index (χ0) is 14.1. The Morgan fingerprint density at radius 3 is 2.74 bits per heavy atom. The number of unbranched alkanes of at least 4 members (excludes halogenated alkanes) is 3. The predicted octanol–water partition coefficient (Wildman–Crippen LogP) is 3.95. The third-order valence-corrected chi connectivity index (χ3v) is 3.04. The maximum absolute atomic E-state index is 5.92. The molecule has 19 heavy (non-hydrogen) atoms. The van der Waals surface area contributed by atoms with Gasteiger partial charge in [0.05, 0.1) is 6.10 Å². The van der Waals surface area contributed by atoms with Crippen molar-refractivity contribution < 1.29 is 4.74 Å². The Balaban J connectivity index is 2.48. The zero-order valence-electron chi connectivity index (χ0n) is 12.7. The lowest BCUT2D eigenvalue weighted by Gasteiger charge is -2.15. The summed E-state index contributed by atoms with van der Waals surface area (Å²) in [6, 6.07) is 0. The molecular formula is C15H27N3O. The molecule has 0 spiro atoms. The van der Waals surface area contributed by atoms with Crippen LogP contribution in [0.1, 0.15) is 58.4 Å². The van der Waals surface area contributed by atoms with Gasteiger partial charge in [0.2, 0.25) is 11.8 Å². The fourth-order valence-corrected chi connectivity index (χ4v) is 1.90.